The minimum Gasteiger partial charge on any atom is -0.496 e. The normalized spacial score (nSPS) is 12.1. The summed E-state index contributed by atoms with van der Waals surface area (Å²) in [5, 5.41) is 8.72. The van der Waals surface area contributed by atoms with Crippen molar-refractivity contribution in [2.75, 3.05) is 25.6 Å². The van der Waals surface area contributed by atoms with E-state index in [2.05, 4.69) is 0 Å². The molecule has 0 heterocycles. The highest BCUT2D eigenvalue weighted by atomic mass is 16.5. The summed E-state index contributed by atoms with van der Waals surface area (Å²) in [5.41, 5.74) is 9.05. The lowest BCUT2D eigenvalue weighted by atomic mass is 10.1. The third kappa shape index (κ3) is 3.86. The molecule has 0 fully saturated rings. The van der Waals surface area contributed by atoms with E-state index < -0.39 is 5.97 Å². The Bertz CT molecular complexity index is 460. The maximum absolute atomic E-state index is 10.6. The zero-order chi connectivity index (χ0) is 14.6. The second-order valence-corrected chi connectivity index (χ2v) is 4.78. The average Bonchev–Trinajstić information content (AvgIpc) is 2.31. The first-order chi connectivity index (χ1) is 8.86. The van der Waals surface area contributed by atoms with Crippen LogP contribution < -0.4 is 15.4 Å². The van der Waals surface area contributed by atoms with Crippen LogP contribution in [0, 0.1) is 13.8 Å². The van der Waals surface area contributed by atoms with Crippen molar-refractivity contribution in [2.24, 2.45) is 5.73 Å². The van der Waals surface area contributed by atoms with Gasteiger partial charge in [0.05, 0.1) is 13.5 Å². The van der Waals surface area contributed by atoms with Gasteiger partial charge in [-0.05, 0) is 37.1 Å². The first-order valence-electron chi connectivity index (χ1n) is 6.19. The number of rotatable bonds is 6. The molecule has 1 unspecified atom stereocenters. The van der Waals surface area contributed by atoms with Crippen LogP contribution in [0.15, 0.2) is 12.1 Å². The molecule has 1 aromatic carbocycles. The molecule has 0 aromatic heterocycles. The predicted molar refractivity (Wildman–Crippen MR) is 76.0 cm³/mol. The lowest BCUT2D eigenvalue weighted by Gasteiger charge is -2.25. The molecule has 5 heteroatoms. The summed E-state index contributed by atoms with van der Waals surface area (Å²) < 4.78 is 5.27. The van der Waals surface area contributed by atoms with E-state index in [4.69, 9.17) is 15.6 Å². The number of ether oxygens (including phenoxy) is 1. The van der Waals surface area contributed by atoms with Crippen molar-refractivity contribution in [3.8, 4) is 5.75 Å². The van der Waals surface area contributed by atoms with Gasteiger partial charge in [-0.1, -0.05) is 0 Å². The van der Waals surface area contributed by atoms with Crippen LogP contribution in [0.25, 0.3) is 0 Å². The van der Waals surface area contributed by atoms with E-state index in [0.717, 1.165) is 22.6 Å². The van der Waals surface area contributed by atoms with E-state index in [1.54, 1.807) is 7.11 Å². The fraction of sp³-hybridized carbons (Fsp3) is 0.500. The van der Waals surface area contributed by atoms with E-state index in [9.17, 15) is 4.79 Å². The molecule has 0 bridgehead atoms. The summed E-state index contributed by atoms with van der Waals surface area (Å²) in [4.78, 5) is 12.6. The summed E-state index contributed by atoms with van der Waals surface area (Å²) in [5.74, 6) is -0.0204. The van der Waals surface area contributed by atoms with Crippen molar-refractivity contribution in [3.63, 3.8) is 0 Å². The summed E-state index contributed by atoms with van der Waals surface area (Å²) in [6.07, 6.45) is -0.0292. The minimum absolute atomic E-state index is 0.0292. The van der Waals surface area contributed by atoms with E-state index >= 15 is 0 Å². The van der Waals surface area contributed by atoms with Crippen LogP contribution in [0.5, 0.6) is 5.75 Å². The first-order valence-corrected chi connectivity index (χ1v) is 6.19. The minimum atomic E-state index is -0.872. The molecular weight excluding hydrogens is 244 g/mol. The van der Waals surface area contributed by atoms with E-state index in [0.29, 0.717) is 6.54 Å². The molecule has 0 amide bonds. The molecule has 5 nitrogen and oxygen atoms in total. The standard InChI is InChI=1S/C14H22N2O3/c1-9-10(2)13(19-4)6-5-12(9)16(3)8-11(15)7-14(17)18/h5-6,11H,7-8,15H2,1-4H3,(H,17,18). The van der Waals surface area contributed by atoms with Gasteiger partial charge in [0.2, 0.25) is 0 Å². The molecule has 1 aromatic rings. The molecule has 0 spiro atoms. The number of benzene rings is 1. The van der Waals surface area contributed by atoms with Gasteiger partial charge in [0.1, 0.15) is 5.75 Å². The van der Waals surface area contributed by atoms with Crippen molar-refractivity contribution in [3.05, 3.63) is 23.3 Å². The largest absolute Gasteiger partial charge is 0.496 e. The highest BCUT2D eigenvalue weighted by Crippen LogP contribution is 2.29. The Labute approximate surface area is 114 Å². The molecular formula is C14H22N2O3. The Morgan fingerprint density at radius 2 is 2.05 bits per heavy atom. The smallest absolute Gasteiger partial charge is 0.304 e. The van der Waals surface area contributed by atoms with Crippen molar-refractivity contribution >= 4 is 11.7 Å². The second kappa shape index (κ2) is 6.43. The number of carboxylic acids is 1. The highest BCUT2D eigenvalue weighted by molar-refractivity contribution is 5.67. The van der Waals surface area contributed by atoms with Gasteiger partial charge in [0.15, 0.2) is 0 Å². The van der Waals surface area contributed by atoms with Gasteiger partial charge in [0, 0.05) is 25.3 Å². The fourth-order valence-corrected chi connectivity index (χ4v) is 2.16. The van der Waals surface area contributed by atoms with Crippen LogP contribution in [-0.2, 0) is 4.79 Å². The van der Waals surface area contributed by atoms with Crippen molar-refractivity contribution in [2.45, 2.75) is 26.3 Å². The van der Waals surface area contributed by atoms with Crippen LogP contribution in [0.2, 0.25) is 0 Å². The topological polar surface area (TPSA) is 75.8 Å². The van der Waals surface area contributed by atoms with Gasteiger partial charge in [-0.15, -0.1) is 0 Å². The Morgan fingerprint density at radius 3 is 2.58 bits per heavy atom. The number of nitrogens with two attached hydrogens (primary N) is 1. The zero-order valence-electron chi connectivity index (χ0n) is 11.9. The van der Waals surface area contributed by atoms with Gasteiger partial charge < -0.3 is 20.5 Å². The molecule has 0 saturated carbocycles. The molecule has 1 atom stereocenters. The molecule has 0 aliphatic carbocycles. The van der Waals surface area contributed by atoms with Crippen LogP contribution in [0.3, 0.4) is 0 Å². The van der Waals surface area contributed by atoms with Crippen LogP contribution in [-0.4, -0.2) is 37.8 Å². The Morgan fingerprint density at radius 1 is 1.42 bits per heavy atom. The van der Waals surface area contributed by atoms with Gasteiger partial charge in [-0.3, -0.25) is 4.79 Å². The molecule has 3 N–H and O–H groups in total. The number of likely N-dealkylation sites (N-methyl/N-ethyl adjacent to an activating group) is 1. The molecule has 0 saturated heterocycles. The third-order valence-corrected chi connectivity index (χ3v) is 3.29. The fourth-order valence-electron chi connectivity index (χ4n) is 2.16. The molecule has 0 aliphatic heterocycles. The SMILES string of the molecule is COc1ccc(N(C)CC(N)CC(=O)O)c(C)c1C. The van der Waals surface area contributed by atoms with Crippen molar-refractivity contribution in [1.82, 2.24) is 0 Å². The number of aliphatic carboxylic acids is 1. The summed E-state index contributed by atoms with van der Waals surface area (Å²) in [6.45, 7) is 4.52. The number of anilines is 1. The zero-order valence-corrected chi connectivity index (χ0v) is 11.9. The molecule has 0 aliphatic rings. The number of carbonyl (C=O) groups is 1. The highest BCUT2D eigenvalue weighted by Gasteiger charge is 2.14. The van der Waals surface area contributed by atoms with E-state index in [1.807, 2.05) is 37.9 Å². The Hall–Kier alpha value is -1.75. The number of carboxylic acid groups (broad SMARTS) is 1. The van der Waals surface area contributed by atoms with Gasteiger partial charge in [-0.2, -0.15) is 0 Å². The monoisotopic (exact) mass is 266 g/mol. The molecule has 0 radical (unpaired) electrons. The van der Waals surface area contributed by atoms with Crippen molar-refractivity contribution < 1.29 is 14.6 Å². The third-order valence-electron chi connectivity index (χ3n) is 3.29. The number of methoxy groups -OCH3 is 1. The average molecular weight is 266 g/mol. The first kappa shape index (κ1) is 15.3. The summed E-state index contributed by atoms with van der Waals surface area (Å²) in [6, 6.07) is 3.50. The lowest BCUT2D eigenvalue weighted by molar-refractivity contribution is -0.137. The van der Waals surface area contributed by atoms with Gasteiger partial charge >= 0.3 is 5.97 Å². The predicted octanol–water partition coefficient (Wildman–Crippen LogP) is 1.55. The van der Waals surface area contributed by atoms with Gasteiger partial charge in [-0.25, -0.2) is 0 Å². The summed E-state index contributed by atoms with van der Waals surface area (Å²) >= 11 is 0. The van der Waals surface area contributed by atoms with Crippen LogP contribution in [0.1, 0.15) is 17.5 Å². The van der Waals surface area contributed by atoms with Crippen molar-refractivity contribution in [1.29, 1.82) is 0 Å². The van der Waals surface area contributed by atoms with Crippen LogP contribution >= 0.6 is 0 Å². The molecule has 19 heavy (non-hydrogen) atoms. The van der Waals surface area contributed by atoms with Crippen LogP contribution in [0.4, 0.5) is 5.69 Å². The quantitative estimate of drug-likeness (QED) is 0.817. The maximum atomic E-state index is 10.6. The van der Waals surface area contributed by atoms with E-state index in [-0.39, 0.29) is 12.5 Å². The molecule has 106 valence electrons. The van der Waals surface area contributed by atoms with Gasteiger partial charge in [0.25, 0.3) is 0 Å². The number of hydrogen-bond donors (Lipinski definition) is 2. The molecule has 1 rings (SSSR count). The second-order valence-electron chi connectivity index (χ2n) is 4.78. The Kier molecular flexibility index (Phi) is 5.18. The van der Waals surface area contributed by atoms with E-state index in [1.165, 1.54) is 0 Å². The number of nitrogens with zero attached hydrogens (tertiary/aromatic N) is 1. The summed E-state index contributed by atoms with van der Waals surface area (Å²) in [7, 11) is 3.56. The lowest BCUT2D eigenvalue weighted by Crippen LogP contribution is -2.37. The number of hydrogen-bond acceptors (Lipinski definition) is 4. The Balaban J connectivity index is 2.85. The maximum Gasteiger partial charge on any atom is 0.304 e.